The number of benzene rings is 9. The lowest BCUT2D eigenvalue weighted by molar-refractivity contribution is 0.669. The van der Waals surface area contributed by atoms with E-state index in [0.29, 0.717) is 17.5 Å². The van der Waals surface area contributed by atoms with Crippen LogP contribution in [0, 0.1) is 0 Å². The van der Waals surface area contributed by atoms with Crippen molar-refractivity contribution in [1.29, 1.82) is 0 Å². The van der Waals surface area contributed by atoms with Crippen LogP contribution in [0.2, 0.25) is 0 Å². The minimum absolute atomic E-state index is 0.601. The molecule has 0 N–H and O–H groups in total. The largest absolute Gasteiger partial charge is 0.456 e. The standard InChI is InChI=1S/C57H35N5O/c1-4-14-36(15-5-1)37-24-27-41(28-25-37)61-49-22-12-10-20-43(49)45-30-31-46-44-21-11-13-23-50(44)62(54(46)53(45)61)42-29-33-52-48(35-42)47-34-40(26-32-51(47)63-52)57-59-55(38-16-6-2-7-17-38)58-56(60-57)39-18-8-3-9-19-39/h1-35H. The summed E-state index contributed by atoms with van der Waals surface area (Å²) in [5.74, 6) is 1.85. The summed E-state index contributed by atoms with van der Waals surface area (Å²) in [5, 5.41) is 6.82. The Balaban J connectivity index is 1.03. The van der Waals surface area contributed by atoms with E-state index in [4.69, 9.17) is 19.4 Å². The van der Waals surface area contributed by atoms with E-state index in [9.17, 15) is 0 Å². The molecule has 6 nitrogen and oxygen atoms in total. The molecule has 0 amide bonds. The van der Waals surface area contributed by atoms with E-state index >= 15 is 0 Å². The Labute approximate surface area is 361 Å². The van der Waals surface area contributed by atoms with E-state index in [-0.39, 0.29) is 0 Å². The van der Waals surface area contributed by atoms with Gasteiger partial charge in [-0.3, -0.25) is 0 Å². The molecule has 294 valence electrons. The highest BCUT2D eigenvalue weighted by molar-refractivity contribution is 6.24. The van der Waals surface area contributed by atoms with Gasteiger partial charge in [0.05, 0.1) is 22.1 Å². The number of furan rings is 1. The molecule has 0 saturated heterocycles. The van der Waals surface area contributed by atoms with Crippen molar-refractivity contribution in [3.05, 3.63) is 212 Å². The molecule has 0 atom stereocenters. The zero-order valence-corrected chi connectivity index (χ0v) is 33.9. The number of fused-ring (bicyclic) bond motifs is 10. The van der Waals surface area contributed by atoms with Gasteiger partial charge in [0.25, 0.3) is 0 Å². The van der Waals surface area contributed by atoms with Crippen LogP contribution in [-0.2, 0) is 0 Å². The number of para-hydroxylation sites is 2. The smallest absolute Gasteiger partial charge is 0.164 e. The minimum atomic E-state index is 0.601. The Morgan fingerprint density at radius 2 is 0.698 bits per heavy atom. The van der Waals surface area contributed by atoms with Gasteiger partial charge in [0.1, 0.15) is 11.2 Å². The van der Waals surface area contributed by atoms with Gasteiger partial charge in [0.2, 0.25) is 0 Å². The van der Waals surface area contributed by atoms with Crippen molar-refractivity contribution in [3.8, 4) is 56.7 Å². The fraction of sp³-hybridized carbons (Fsp3) is 0. The Bertz CT molecular complexity index is 3830. The molecule has 4 aromatic heterocycles. The maximum Gasteiger partial charge on any atom is 0.164 e. The molecule has 13 aromatic rings. The average molecular weight is 806 g/mol. The molecule has 0 aliphatic rings. The topological polar surface area (TPSA) is 61.7 Å². The van der Waals surface area contributed by atoms with Crippen molar-refractivity contribution in [1.82, 2.24) is 24.1 Å². The number of nitrogens with zero attached hydrogens (tertiary/aromatic N) is 5. The zero-order chi connectivity index (χ0) is 41.4. The van der Waals surface area contributed by atoms with Crippen LogP contribution in [0.25, 0.3) is 122 Å². The van der Waals surface area contributed by atoms with Gasteiger partial charge in [-0.05, 0) is 71.8 Å². The predicted octanol–water partition coefficient (Wildman–Crippen LogP) is 14.6. The van der Waals surface area contributed by atoms with Crippen molar-refractivity contribution >= 4 is 65.6 Å². The first-order chi connectivity index (χ1) is 31.2. The van der Waals surface area contributed by atoms with Gasteiger partial charge in [-0.1, -0.05) is 152 Å². The minimum Gasteiger partial charge on any atom is -0.456 e. The van der Waals surface area contributed by atoms with Gasteiger partial charge in [-0.25, -0.2) is 15.0 Å². The van der Waals surface area contributed by atoms with E-state index in [1.807, 2.05) is 72.8 Å². The van der Waals surface area contributed by atoms with Crippen LogP contribution in [0.5, 0.6) is 0 Å². The molecular weight excluding hydrogens is 771 g/mol. The van der Waals surface area contributed by atoms with Gasteiger partial charge >= 0.3 is 0 Å². The summed E-state index contributed by atoms with van der Waals surface area (Å²) in [4.78, 5) is 15.0. The molecule has 0 aliphatic heterocycles. The van der Waals surface area contributed by atoms with E-state index in [0.717, 1.165) is 72.1 Å². The monoisotopic (exact) mass is 805 g/mol. The number of hydrogen-bond acceptors (Lipinski definition) is 4. The van der Waals surface area contributed by atoms with Crippen molar-refractivity contribution < 1.29 is 4.42 Å². The molecule has 13 rings (SSSR count). The molecule has 0 saturated carbocycles. The second kappa shape index (κ2) is 14.0. The first-order valence-corrected chi connectivity index (χ1v) is 21.2. The van der Waals surface area contributed by atoms with E-state index in [1.54, 1.807) is 0 Å². The number of hydrogen-bond donors (Lipinski definition) is 0. The highest BCUT2D eigenvalue weighted by atomic mass is 16.3. The molecule has 0 bridgehead atoms. The summed E-state index contributed by atoms with van der Waals surface area (Å²) in [7, 11) is 0. The second-order valence-corrected chi connectivity index (χ2v) is 16.0. The third-order valence-electron chi connectivity index (χ3n) is 12.4. The SMILES string of the molecule is c1ccc(-c2ccc(-n3c4ccccc4c4ccc5c6ccccc6n(-c6ccc7oc8ccc(-c9nc(-c%10ccccc%10)nc(-c%10ccccc%10)n9)cc8c7c6)c5c43)cc2)cc1. The van der Waals surface area contributed by atoms with E-state index in [2.05, 4.69) is 149 Å². The Morgan fingerprint density at radius 1 is 0.286 bits per heavy atom. The van der Waals surface area contributed by atoms with Crippen LogP contribution in [0.3, 0.4) is 0 Å². The second-order valence-electron chi connectivity index (χ2n) is 16.0. The quantitative estimate of drug-likeness (QED) is 0.168. The Hall–Kier alpha value is -8.61. The highest BCUT2D eigenvalue weighted by Gasteiger charge is 2.22. The van der Waals surface area contributed by atoms with Gasteiger partial charge in [0.15, 0.2) is 17.5 Å². The average Bonchev–Trinajstić information content (AvgIpc) is 4.02. The molecule has 4 heterocycles. The molecule has 63 heavy (non-hydrogen) atoms. The number of rotatable bonds is 6. The van der Waals surface area contributed by atoms with Crippen molar-refractivity contribution in [2.75, 3.05) is 0 Å². The van der Waals surface area contributed by atoms with E-state index < -0.39 is 0 Å². The third-order valence-corrected chi connectivity index (χ3v) is 12.4. The molecule has 0 fully saturated rings. The molecule has 9 aromatic carbocycles. The van der Waals surface area contributed by atoms with Crippen molar-refractivity contribution in [2.24, 2.45) is 0 Å². The van der Waals surface area contributed by atoms with Gasteiger partial charge in [-0.2, -0.15) is 0 Å². The summed E-state index contributed by atoms with van der Waals surface area (Å²) in [5.41, 5.74) is 13.5. The third kappa shape index (κ3) is 5.62. The normalized spacial score (nSPS) is 11.8. The maximum absolute atomic E-state index is 6.54. The van der Waals surface area contributed by atoms with Crippen LogP contribution >= 0.6 is 0 Å². The Morgan fingerprint density at radius 3 is 1.27 bits per heavy atom. The lowest BCUT2D eigenvalue weighted by Gasteiger charge is -2.13. The summed E-state index contributed by atoms with van der Waals surface area (Å²) < 4.78 is 11.4. The van der Waals surface area contributed by atoms with E-state index in [1.165, 1.54) is 32.7 Å². The zero-order valence-electron chi connectivity index (χ0n) is 33.9. The van der Waals surface area contributed by atoms with Crippen molar-refractivity contribution in [3.63, 3.8) is 0 Å². The summed E-state index contributed by atoms with van der Waals surface area (Å²) in [6.07, 6.45) is 0. The lowest BCUT2D eigenvalue weighted by atomic mass is 10.1. The maximum atomic E-state index is 6.54. The molecule has 6 heteroatoms. The van der Waals surface area contributed by atoms with Crippen LogP contribution < -0.4 is 0 Å². The summed E-state index contributed by atoms with van der Waals surface area (Å²) in [6, 6.07) is 74.6. The molecule has 0 unspecified atom stereocenters. The van der Waals surface area contributed by atoms with Gasteiger partial charge in [-0.15, -0.1) is 0 Å². The molecule has 0 aliphatic carbocycles. The van der Waals surface area contributed by atoms with Crippen LogP contribution in [0.15, 0.2) is 217 Å². The summed E-state index contributed by atoms with van der Waals surface area (Å²) >= 11 is 0. The molecule has 0 spiro atoms. The fourth-order valence-electron chi connectivity index (χ4n) is 9.45. The van der Waals surface area contributed by atoms with Crippen LogP contribution in [0.4, 0.5) is 0 Å². The van der Waals surface area contributed by atoms with Crippen LogP contribution in [-0.4, -0.2) is 24.1 Å². The predicted molar refractivity (Wildman–Crippen MR) is 258 cm³/mol. The highest BCUT2D eigenvalue weighted by Crippen LogP contribution is 2.43. The first kappa shape index (κ1) is 35.2. The molecular formula is C57H35N5O. The fourth-order valence-corrected chi connectivity index (χ4v) is 9.45. The molecule has 0 radical (unpaired) electrons. The number of aromatic nitrogens is 5. The van der Waals surface area contributed by atoms with Crippen molar-refractivity contribution in [2.45, 2.75) is 0 Å². The first-order valence-electron chi connectivity index (χ1n) is 21.2. The lowest BCUT2D eigenvalue weighted by Crippen LogP contribution is -2.00. The van der Waals surface area contributed by atoms with Crippen LogP contribution in [0.1, 0.15) is 0 Å². The Kier molecular flexibility index (Phi) is 7.80. The van der Waals surface area contributed by atoms with Gasteiger partial charge < -0.3 is 13.6 Å². The van der Waals surface area contributed by atoms with Gasteiger partial charge in [0, 0.05) is 60.4 Å². The summed E-state index contributed by atoms with van der Waals surface area (Å²) in [6.45, 7) is 0.